The van der Waals surface area contributed by atoms with Crippen LogP contribution in [0.5, 0.6) is 17.2 Å². The first kappa shape index (κ1) is 30.9. The number of nitrogens with zero attached hydrogens (tertiary/aromatic N) is 2. The predicted molar refractivity (Wildman–Crippen MR) is 181 cm³/mol. The monoisotopic (exact) mass is 651 g/mol. The summed E-state index contributed by atoms with van der Waals surface area (Å²) in [6, 6.07) is 29.0. The van der Waals surface area contributed by atoms with Crippen LogP contribution < -0.4 is 34.4 Å². The first-order valence-corrected chi connectivity index (χ1v) is 15.6. The molecule has 10 heteroatoms. The predicted octanol–water partition coefficient (Wildman–Crippen LogP) is 6.12. The molecule has 1 aliphatic heterocycles. The number of anilines is 1. The molecule has 46 heavy (non-hydrogen) atoms. The number of hydrogen-bond donors (Lipinski definition) is 1. The fourth-order valence-corrected chi connectivity index (χ4v) is 6.60. The van der Waals surface area contributed by atoms with Crippen molar-refractivity contribution in [1.29, 1.82) is 0 Å². The summed E-state index contributed by atoms with van der Waals surface area (Å²) in [7, 11) is 3.13. The molecule has 4 aromatic carbocycles. The van der Waals surface area contributed by atoms with Crippen LogP contribution in [0.25, 0.3) is 6.08 Å². The number of halogens is 1. The van der Waals surface area contributed by atoms with E-state index in [1.54, 1.807) is 43.9 Å². The number of amides is 1. The Labute approximate surface area is 274 Å². The van der Waals surface area contributed by atoms with Gasteiger partial charge in [-0.15, -0.1) is 0 Å². The van der Waals surface area contributed by atoms with E-state index in [0.717, 1.165) is 11.1 Å². The van der Waals surface area contributed by atoms with Gasteiger partial charge < -0.3 is 19.5 Å². The Hall–Kier alpha value is -5.12. The first-order valence-electron chi connectivity index (χ1n) is 14.4. The second-order valence-electron chi connectivity index (χ2n) is 10.5. The Morgan fingerprint density at radius 2 is 1.67 bits per heavy atom. The molecule has 0 fully saturated rings. The highest BCUT2D eigenvalue weighted by atomic mass is 35.5. The van der Waals surface area contributed by atoms with E-state index >= 15 is 0 Å². The highest BCUT2D eigenvalue weighted by Gasteiger charge is 2.32. The molecule has 1 amide bonds. The maximum atomic E-state index is 14.1. The molecular weight excluding hydrogens is 622 g/mol. The summed E-state index contributed by atoms with van der Waals surface area (Å²) in [6.07, 6.45) is 1.74. The SMILES string of the molecule is COc1ccc([C@H]2C(C(=O)Nc3ccccc3)=C(C)N=c3s/c(=C/c4cc(Cl)c(OCc5ccccc5)c(OC)c4)c(=O)n32)cc1. The number of aromatic nitrogens is 1. The van der Waals surface area contributed by atoms with E-state index in [4.69, 9.17) is 30.8 Å². The molecule has 0 bridgehead atoms. The molecule has 8 nitrogen and oxygen atoms in total. The molecule has 2 heterocycles. The summed E-state index contributed by atoms with van der Waals surface area (Å²) in [4.78, 5) is 33.1. The topological polar surface area (TPSA) is 91.2 Å². The van der Waals surface area contributed by atoms with Crippen LogP contribution >= 0.6 is 22.9 Å². The van der Waals surface area contributed by atoms with Crippen LogP contribution in [0.4, 0.5) is 5.69 Å². The number of para-hydroxylation sites is 1. The molecule has 0 radical (unpaired) electrons. The molecule has 0 aliphatic carbocycles. The van der Waals surface area contributed by atoms with E-state index in [-0.39, 0.29) is 11.5 Å². The summed E-state index contributed by atoms with van der Waals surface area (Å²) in [5, 5.41) is 3.31. The van der Waals surface area contributed by atoms with Crippen molar-refractivity contribution < 1.29 is 19.0 Å². The molecule has 1 aromatic heterocycles. The molecule has 1 atom stereocenters. The lowest BCUT2D eigenvalue weighted by molar-refractivity contribution is -0.113. The van der Waals surface area contributed by atoms with Crippen molar-refractivity contribution in [3.05, 3.63) is 150 Å². The number of rotatable bonds is 9. The number of carbonyl (C=O) groups is 1. The molecule has 0 saturated carbocycles. The fourth-order valence-electron chi connectivity index (χ4n) is 5.28. The smallest absolute Gasteiger partial charge is 0.271 e. The second-order valence-corrected chi connectivity index (χ2v) is 11.9. The largest absolute Gasteiger partial charge is 0.497 e. The van der Waals surface area contributed by atoms with Crippen molar-refractivity contribution in [2.45, 2.75) is 19.6 Å². The van der Waals surface area contributed by atoms with E-state index < -0.39 is 6.04 Å². The molecule has 0 saturated heterocycles. The summed E-state index contributed by atoms with van der Waals surface area (Å²) < 4.78 is 19.0. The molecule has 232 valence electrons. The standard InChI is InChI=1S/C36H30ClN3O5S/c1-22-31(34(41)39-26-12-8-5-9-13-26)32(25-14-16-27(43-2)17-15-25)40-35(42)30(46-36(40)38-22)20-24-18-28(37)33(29(19-24)44-3)45-21-23-10-6-4-7-11-23/h4-20,32H,21H2,1-3H3,(H,39,41)/b30-20+/t32-/m0/s1. The van der Waals surface area contributed by atoms with Gasteiger partial charge >= 0.3 is 0 Å². The summed E-state index contributed by atoms with van der Waals surface area (Å²) in [5.74, 6) is 1.17. The van der Waals surface area contributed by atoms with Crippen LogP contribution in [-0.2, 0) is 11.4 Å². The molecule has 0 unspecified atom stereocenters. The van der Waals surface area contributed by atoms with E-state index in [1.807, 2.05) is 84.9 Å². The molecule has 1 aliphatic rings. The van der Waals surface area contributed by atoms with Crippen molar-refractivity contribution in [2.24, 2.45) is 4.99 Å². The molecule has 1 N–H and O–H groups in total. The Morgan fingerprint density at radius 3 is 2.35 bits per heavy atom. The lowest BCUT2D eigenvalue weighted by Gasteiger charge is -2.25. The van der Waals surface area contributed by atoms with Crippen molar-refractivity contribution >= 4 is 40.6 Å². The molecule has 0 spiro atoms. The van der Waals surface area contributed by atoms with Crippen LogP contribution in [-0.4, -0.2) is 24.7 Å². The number of allylic oxidation sites excluding steroid dienone is 1. The van der Waals surface area contributed by atoms with Gasteiger partial charge in [-0.25, -0.2) is 4.99 Å². The maximum absolute atomic E-state index is 14.1. The van der Waals surface area contributed by atoms with Crippen LogP contribution in [0.15, 0.2) is 118 Å². The number of thiazole rings is 1. The third-order valence-electron chi connectivity index (χ3n) is 7.51. The van der Waals surface area contributed by atoms with Gasteiger partial charge in [0.1, 0.15) is 12.4 Å². The van der Waals surface area contributed by atoms with Crippen LogP contribution in [0, 0.1) is 0 Å². The van der Waals surface area contributed by atoms with Gasteiger partial charge in [-0.3, -0.25) is 14.2 Å². The third-order valence-corrected chi connectivity index (χ3v) is 8.77. The number of ether oxygens (including phenoxy) is 3. The Morgan fingerprint density at radius 1 is 0.978 bits per heavy atom. The Kier molecular flexibility index (Phi) is 9.05. The fraction of sp³-hybridized carbons (Fsp3) is 0.139. The quantitative estimate of drug-likeness (QED) is 0.207. The minimum atomic E-state index is -0.722. The second kappa shape index (κ2) is 13.5. The number of hydrogen-bond acceptors (Lipinski definition) is 7. The highest BCUT2D eigenvalue weighted by molar-refractivity contribution is 7.07. The van der Waals surface area contributed by atoms with Gasteiger partial charge in [-0.2, -0.15) is 0 Å². The lowest BCUT2D eigenvalue weighted by Crippen LogP contribution is -2.40. The molecular formula is C36H30ClN3O5S. The maximum Gasteiger partial charge on any atom is 0.271 e. The van der Waals surface area contributed by atoms with Crippen LogP contribution in [0.3, 0.4) is 0 Å². The van der Waals surface area contributed by atoms with Gasteiger partial charge in [0.2, 0.25) is 0 Å². The van der Waals surface area contributed by atoms with Gasteiger partial charge in [0.15, 0.2) is 16.3 Å². The number of methoxy groups -OCH3 is 2. The first-order chi connectivity index (χ1) is 22.4. The van der Waals surface area contributed by atoms with E-state index in [2.05, 4.69) is 5.32 Å². The van der Waals surface area contributed by atoms with E-state index in [1.165, 1.54) is 11.3 Å². The van der Waals surface area contributed by atoms with Crippen LogP contribution in [0.1, 0.15) is 29.7 Å². The zero-order valence-corrected chi connectivity index (χ0v) is 26.9. The van der Waals surface area contributed by atoms with Gasteiger partial charge in [-0.05, 0) is 66.1 Å². The number of fused-ring (bicyclic) bond motifs is 1. The Balaban J connectivity index is 1.41. The Bertz CT molecular complexity index is 2110. The van der Waals surface area contributed by atoms with Crippen molar-refractivity contribution in [1.82, 2.24) is 4.57 Å². The average molecular weight is 652 g/mol. The normalized spacial score (nSPS) is 14.3. The molecule has 6 rings (SSSR count). The third kappa shape index (κ3) is 6.33. The van der Waals surface area contributed by atoms with Crippen molar-refractivity contribution in [2.75, 3.05) is 19.5 Å². The number of benzene rings is 4. The van der Waals surface area contributed by atoms with E-state index in [9.17, 15) is 9.59 Å². The van der Waals surface area contributed by atoms with Gasteiger partial charge in [0, 0.05) is 5.69 Å². The highest BCUT2D eigenvalue weighted by Crippen LogP contribution is 2.37. The summed E-state index contributed by atoms with van der Waals surface area (Å²) in [5.41, 5.74) is 3.62. The minimum Gasteiger partial charge on any atom is -0.497 e. The van der Waals surface area contributed by atoms with Gasteiger partial charge in [0.25, 0.3) is 11.5 Å². The lowest BCUT2D eigenvalue weighted by atomic mass is 9.95. The van der Waals surface area contributed by atoms with Gasteiger partial charge in [0.05, 0.1) is 41.1 Å². The molecule has 5 aromatic rings. The number of nitrogens with one attached hydrogen (secondary N) is 1. The van der Waals surface area contributed by atoms with Crippen molar-refractivity contribution in [3.63, 3.8) is 0 Å². The van der Waals surface area contributed by atoms with Crippen molar-refractivity contribution in [3.8, 4) is 17.2 Å². The zero-order valence-electron chi connectivity index (χ0n) is 25.3. The van der Waals surface area contributed by atoms with Gasteiger partial charge in [-0.1, -0.05) is 83.6 Å². The number of carbonyl (C=O) groups excluding carboxylic acids is 1. The van der Waals surface area contributed by atoms with Crippen LogP contribution in [0.2, 0.25) is 5.02 Å². The summed E-state index contributed by atoms with van der Waals surface area (Å²) >= 11 is 7.91. The van der Waals surface area contributed by atoms with E-state index in [0.29, 0.717) is 60.7 Å². The average Bonchev–Trinajstić information content (AvgIpc) is 3.37. The zero-order chi connectivity index (χ0) is 32.2. The minimum absolute atomic E-state index is 0.290. The summed E-state index contributed by atoms with van der Waals surface area (Å²) in [6.45, 7) is 2.10.